The lowest BCUT2D eigenvalue weighted by Gasteiger charge is -2.25. The van der Waals surface area contributed by atoms with Crippen molar-refractivity contribution in [2.24, 2.45) is 0 Å². The smallest absolute Gasteiger partial charge is 0.409 e. The Morgan fingerprint density at radius 2 is 2.07 bits per heavy atom. The topological polar surface area (TPSA) is 62.7 Å². The van der Waals surface area contributed by atoms with E-state index in [-0.39, 0.29) is 23.8 Å². The van der Waals surface area contributed by atoms with Crippen LogP contribution in [0.1, 0.15) is 17.0 Å². The van der Waals surface area contributed by atoms with Crippen molar-refractivity contribution in [2.75, 3.05) is 31.6 Å². The van der Waals surface area contributed by atoms with Crippen LogP contribution in [0.4, 0.5) is 10.5 Å². The lowest BCUT2D eigenvalue weighted by Crippen LogP contribution is -2.40. The molecule has 1 aromatic heterocycles. The van der Waals surface area contributed by atoms with E-state index >= 15 is 0 Å². The molecule has 6 nitrogen and oxygen atoms in total. The van der Waals surface area contributed by atoms with Crippen molar-refractivity contribution in [3.63, 3.8) is 0 Å². The monoisotopic (exact) mass is 547 g/mol. The third-order valence-corrected chi connectivity index (χ3v) is 8.24. The van der Waals surface area contributed by atoms with Crippen LogP contribution in [0.3, 0.4) is 0 Å². The molecule has 0 bridgehead atoms. The number of rotatable bonds is 2. The van der Waals surface area contributed by atoms with Crippen LogP contribution < -0.4 is 4.90 Å². The van der Waals surface area contributed by atoms with E-state index in [1.165, 1.54) is 18.4 Å². The number of aromatic nitrogens is 1. The fourth-order valence-corrected chi connectivity index (χ4v) is 5.60. The number of nitrogens with zero attached hydrogens (tertiary/aromatic N) is 3. The largest absolute Gasteiger partial charge is 0.453 e. The molecule has 0 N–H and O–H groups in total. The van der Waals surface area contributed by atoms with E-state index in [2.05, 4.69) is 36.8 Å². The molecule has 10 heteroatoms. The van der Waals surface area contributed by atoms with Crippen molar-refractivity contribution < 1.29 is 14.3 Å². The molecule has 2 aromatic rings. The minimum Gasteiger partial charge on any atom is -0.453 e. The fraction of sp³-hybridized carbons (Fsp3) is 0.389. The Morgan fingerprint density at radius 3 is 2.75 bits per heavy atom. The van der Waals surface area contributed by atoms with E-state index in [1.807, 2.05) is 17.0 Å². The Labute approximate surface area is 188 Å². The Bertz CT molecular complexity index is 970. The molecule has 0 radical (unpaired) electrons. The van der Waals surface area contributed by atoms with Crippen molar-refractivity contribution in [1.82, 2.24) is 9.88 Å². The summed E-state index contributed by atoms with van der Waals surface area (Å²) < 4.78 is 7.26. The maximum atomic E-state index is 13.1. The van der Waals surface area contributed by atoms with Gasteiger partial charge >= 0.3 is 6.09 Å². The quantitative estimate of drug-likeness (QED) is 0.549. The number of carbonyl (C=O) groups is 2. The summed E-state index contributed by atoms with van der Waals surface area (Å²) in [5.74, 6) is -0.0325. The Morgan fingerprint density at radius 1 is 1.32 bits per heavy atom. The highest BCUT2D eigenvalue weighted by Gasteiger charge is 2.50. The van der Waals surface area contributed by atoms with E-state index in [9.17, 15) is 9.59 Å². The molecule has 2 aliphatic rings. The van der Waals surface area contributed by atoms with Gasteiger partial charge in [0.25, 0.3) is 0 Å². The van der Waals surface area contributed by atoms with Gasteiger partial charge in [0.15, 0.2) is 0 Å². The molecule has 148 valence electrons. The summed E-state index contributed by atoms with van der Waals surface area (Å²) in [5.41, 5.74) is 1.64. The number of fused-ring (bicyclic) bond motifs is 2. The number of halogens is 3. The molecule has 3 heterocycles. The number of thiazole rings is 1. The van der Waals surface area contributed by atoms with Crippen molar-refractivity contribution >= 4 is 72.5 Å². The molecule has 4 rings (SSSR count). The minimum absolute atomic E-state index is 0.0325. The zero-order valence-electron chi connectivity index (χ0n) is 14.9. The molecule has 1 unspecified atom stereocenters. The fourth-order valence-electron chi connectivity index (χ4n) is 3.98. The number of amides is 2. The molecule has 1 saturated heterocycles. The Balaban J connectivity index is 1.68. The summed E-state index contributed by atoms with van der Waals surface area (Å²) in [6, 6.07) is 4.01. The lowest BCUT2D eigenvalue weighted by molar-refractivity contribution is -0.118. The van der Waals surface area contributed by atoms with Crippen molar-refractivity contribution in [1.29, 1.82) is 0 Å². The molecule has 2 amide bonds. The number of benzene rings is 1. The Hall–Kier alpha value is -1.16. The van der Waals surface area contributed by atoms with Crippen LogP contribution in [0.15, 0.2) is 27.3 Å². The van der Waals surface area contributed by atoms with E-state index in [4.69, 9.17) is 16.3 Å². The van der Waals surface area contributed by atoms with E-state index < -0.39 is 0 Å². The first-order valence-electron chi connectivity index (χ1n) is 8.56. The predicted octanol–water partition coefficient (Wildman–Crippen LogP) is 4.62. The molecule has 1 spiro atoms. The van der Waals surface area contributed by atoms with Gasteiger partial charge in [-0.3, -0.25) is 4.79 Å². The van der Waals surface area contributed by atoms with Crippen molar-refractivity contribution in [3.05, 3.63) is 42.2 Å². The zero-order valence-corrected chi connectivity index (χ0v) is 19.6. The van der Waals surface area contributed by atoms with Crippen LogP contribution in [0.2, 0.25) is 4.34 Å². The predicted molar refractivity (Wildman–Crippen MR) is 115 cm³/mol. The van der Waals surface area contributed by atoms with Gasteiger partial charge in [-0.05, 0) is 56.0 Å². The first-order valence-corrected chi connectivity index (χ1v) is 11.3. The summed E-state index contributed by atoms with van der Waals surface area (Å²) in [4.78, 5) is 32.9. The first kappa shape index (κ1) is 20.1. The molecular weight excluding hydrogens is 534 g/mol. The molecule has 1 atom stereocenters. The summed E-state index contributed by atoms with van der Waals surface area (Å²) >= 11 is 14.4. The molecule has 0 saturated carbocycles. The summed E-state index contributed by atoms with van der Waals surface area (Å²) in [7, 11) is 1.39. The standard InChI is InChI=1S/C18H16Br2ClN3O3S/c1-27-17(26)23-3-2-18(8-23)9-24(13-5-12(20)11(19)4-10(13)18)16(25)6-15-22-7-14(21)28-15/h4-5,7H,2-3,6,8-9H2,1H3. The van der Waals surface area contributed by atoms with Crippen LogP contribution >= 0.6 is 54.8 Å². The number of hydrogen-bond acceptors (Lipinski definition) is 5. The highest BCUT2D eigenvalue weighted by Crippen LogP contribution is 2.49. The average Bonchev–Trinajstić information content (AvgIpc) is 3.35. The molecule has 2 aliphatic heterocycles. The number of carbonyl (C=O) groups excluding carboxylic acids is 2. The van der Waals surface area contributed by atoms with Gasteiger partial charge in [0.05, 0.1) is 19.7 Å². The molecule has 28 heavy (non-hydrogen) atoms. The van der Waals surface area contributed by atoms with Crippen LogP contribution in [0.25, 0.3) is 0 Å². The maximum absolute atomic E-state index is 13.1. The SMILES string of the molecule is COC(=O)N1CCC2(C1)CN(C(=O)Cc1ncc(Cl)s1)c1cc(Br)c(Br)cc12. The van der Waals surface area contributed by atoms with Crippen molar-refractivity contribution in [3.8, 4) is 0 Å². The van der Waals surface area contributed by atoms with Crippen molar-refractivity contribution in [2.45, 2.75) is 18.3 Å². The third kappa shape index (κ3) is 3.46. The Kier molecular flexibility index (Phi) is 5.45. The van der Waals surface area contributed by atoms with Crippen LogP contribution in [-0.4, -0.2) is 48.6 Å². The third-order valence-electron chi connectivity index (χ3n) is 5.28. The summed E-state index contributed by atoms with van der Waals surface area (Å²) in [6.45, 7) is 1.65. The van der Waals surface area contributed by atoms with Gasteiger partial charge in [-0.2, -0.15) is 0 Å². The van der Waals surface area contributed by atoms with Crippen LogP contribution in [0, 0.1) is 0 Å². The number of ether oxygens (including phenoxy) is 1. The van der Waals surface area contributed by atoms with Gasteiger partial charge in [0.2, 0.25) is 5.91 Å². The highest BCUT2D eigenvalue weighted by atomic mass is 79.9. The number of anilines is 1. The number of hydrogen-bond donors (Lipinski definition) is 0. The highest BCUT2D eigenvalue weighted by molar-refractivity contribution is 9.13. The molecule has 1 aromatic carbocycles. The average molecular weight is 550 g/mol. The van der Waals surface area contributed by atoms with Gasteiger partial charge in [0, 0.05) is 39.7 Å². The molecule has 1 fully saturated rings. The van der Waals surface area contributed by atoms with Crippen LogP contribution in [0.5, 0.6) is 0 Å². The van der Waals surface area contributed by atoms with Gasteiger partial charge in [-0.15, -0.1) is 11.3 Å². The second kappa shape index (κ2) is 7.59. The second-order valence-electron chi connectivity index (χ2n) is 6.92. The van der Waals surface area contributed by atoms with E-state index in [0.29, 0.717) is 29.0 Å². The van der Waals surface area contributed by atoms with Gasteiger partial charge in [0.1, 0.15) is 9.34 Å². The molecule has 0 aliphatic carbocycles. The minimum atomic E-state index is -0.336. The second-order valence-corrected chi connectivity index (χ2v) is 10.4. The van der Waals surface area contributed by atoms with Gasteiger partial charge < -0.3 is 14.5 Å². The molecular formula is C18H16Br2ClN3O3S. The lowest BCUT2D eigenvalue weighted by atomic mass is 9.81. The summed E-state index contributed by atoms with van der Waals surface area (Å²) in [5, 5.41) is 0.691. The maximum Gasteiger partial charge on any atom is 0.409 e. The van der Waals surface area contributed by atoms with E-state index in [1.54, 1.807) is 11.1 Å². The van der Waals surface area contributed by atoms with Crippen LogP contribution in [-0.2, 0) is 21.4 Å². The van der Waals surface area contributed by atoms with Gasteiger partial charge in [-0.1, -0.05) is 11.6 Å². The number of methoxy groups -OCH3 is 1. The zero-order chi connectivity index (χ0) is 20.1. The van der Waals surface area contributed by atoms with Gasteiger partial charge in [-0.25, -0.2) is 9.78 Å². The first-order chi connectivity index (χ1) is 13.3. The number of likely N-dealkylation sites (tertiary alicyclic amines) is 1. The summed E-state index contributed by atoms with van der Waals surface area (Å²) in [6.07, 6.45) is 2.20. The normalized spacial score (nSPS) is 20.7. The van der Waals surface area contributed by atoms with E-state index in [0.717, 1.165) is 26.6 Å².